The highest BCUT2D eigenvalue weighted by atomic mass is 35.5. The smallest absolute Gasteiger partial charge is 0.0730 e. The highest BCUT2D eigenvalue weighted by Gasteiger charge is 2.15. The number of aliphatic hydroxyl groups excluding tert-OH is 1. The fourth-order valence-electron chi connectivity index (χ4n) is 3.16. The van der Waals surface area contributed by atoms with Crippen molar-refractivity contribution in [2.24, 2.45) is 5.73 Å². The first-order valence-electron chi connectivity index (χ1n) is 9.24. The van der Waals surface area contributed by atoms with E-state index in [1.165, 1.54) is 0 Å². The third-order valence-electron chi connectivity index (χ3n) is 4.77. The molecule has 0 spiro atoms. The molecule has 0 aliphatic heterocycles. The van der Waals surface area contributed by atoms with Crippen LogP contribution in [0.2, 0.25) is 5.02 Å². The summed E-state index contributed by atoms with van der Waals surface area (Å²) in [6.07, 6.45) is 3.56. The van der Waals surface area contributed by atoms with Crippen molar-refractivity contribution in [3.05, 3.63) is 93.5 Å². The summed E-state index contributed by atoms with van der Waals surface area (Å²) in [5.41, 5.74) is 11.7. The molecule has 6 heteroatoms. The second kappa shape index (κ2) is 9.75. The van der Waals surface area contributed by atoms with Gasteiger partial charge in [-0.2, -0.15) is 0 Å². The van der Waals surface area contributed by atoms with Gasteiger partial charge >= 0.3 is 0 Å². The SMILES string of the molecule is Cc1cccnc1CN(Cc1ccc(CN)cc1CO)Cc1ncccc1Cl. The molecule has 2 aromatic heterocycles. The van der Waals surface area contributed by atoms with E-state index in [2.05, 4.69) is 27.9 Å². The number of rotatable bonds is 8. The van der Waals surface area contributed by atoms with E-state index in [0.29, 0.717) is 31.2 Å². The Kier molecular flexibility index (Phi) is 7.12. The van der Waals surface area contributed by atoms with Gasteiger partial charge in [-0.25, -0.2) is 0 Å². The minimum Gasteiger partial charge on any atom is -0.392 e. The Bertz CT molecular complexity index is 884. The molecule has 1 aromatic carbocycles. The fourth-order valence-corrected chi connectivity index (χ4v) is 3.34. The summed E-state index contributed by atoms with van der Waals surface area (Å²) in [7, 11) is 0. The van der Waals surface area contributed by atoms with Crippen LogP contribution in [-0.4, -0.2) is 20.0 Å². The maximum absolute atomic E-state index is 9.81. The standard InChI is InChI=1S/C22H25ClN4O/c1-16-4-2-8-25-21(16)13-27(14-22-20(23)5-3-9-26-22)12-18-7-6-17(11-24)10-19(18)15-28/h2-10,28H,11-15,24H2,1H3. The minimum atomic E-state index is -0.0238. The van der Waals surface area contributed by atoms with E-state index >= 15 is 0 Å². The van der Waals surface area contributed by atoms with Crippen molar-refractivity contribution in [1.29, 1.82) is 0 Å². The summed E-state index contributed by atoms with van der Waals surface area (Å²) in [6, 6.07) is 13.7. The molecule has 0 atom stereocenters. The van der Waals surface area contributed by atoms with Crippen molar-refractivity contribution >= 4 is 11.6 Å². The van der Waals surface area contributed by atoms with Crippen LogP contribution in [0.25, 0.3) is 0 Å². The van der Waals surface area contributed by atoms with Gasteiger partial charge in [-0.3, -0.25) is 14.9 Å². The maximum Gasteiger partial charge on any atom is 0.0730 e. The molecular formula is C22H25ClN4O. The predicted octanol–water partition coefficient (Wildman–Crippen LogP) is 3.59. The first-order chi connectivity index (χ1) is 13.6. The quantitative estimate of drug-likeness (QED) is 0.608. The van der Waals surface area contributed by atoms with Crippen LogP contribution in [0.15, 0.2) is 54.9 Å². The molecule has 0 saturated heterocycles. The van der Waals surface area contributed by atoms with Crippen LogP contribution in [0.3, 0.4) is 0 Å². The molecule has 0 aliphatic carbocycles. The van der Waals surface area contributed by atoms with Gasteiger partial charge in [0.1, 0.15) is 0 Å². The Morgan fingerprint density at radius 1 is 0.964 bits per heavy atom. The number of hydrogen-bond acceptors (Lipinski definition) is 5. The number of benzene rings is 1. The molecule has 3 N–H and O–H groups in total. The van der Waals surface area contributed by atoms with E-state index in [4.69, 9.17) is 17.3 Å². The minimum absolute atomic E-state index is 0.0238. The number of aromatic nitrogens is 2. The lowest BCUT2D eigenvalue weighted by Gasteiger charge is -2.24. The Hall–Kier alpha value is -2.31. The van der Waals surface area contributed by atoms with Crippen LogP contribution in [0, 0.1) is 6.92 Å². The lowest BCUT2D eigenvalue weighted by Crippen LogP contribution is -2.25. The van der Waals surface area contributed by atoms with Crippen LogP contribution >= 0.6 is 11.6 Å². The molecule has 3 aromatic rings. The summed E-state index contributed by atoms with van der Waals surface area (Å²) >= 11 is 6.35. The van der Waals surface area contributed by atoms with Crippen LogP contribution in [-0.2, 0) is 32.8 Å². The predicted molar refractivity (Wildman–Crippen MR) is 111 cm³/mol. The average molecular weight is 397 g/mol. The van der Waals surface area contributed by atoms with Gasteiger partial charge in [0.05, 0.1) is 23.0 Å². The summed E-state index contributed by atoms with van der Waals surface area (Å²) in [5, 5.41) is 10.5. The van der Waals surface area contributed by atoms with E-state index in [1.807, 2.05) is 42.6 Å². The number of hydrogen-bond donors (Lipinski definition) is 2. The van der Waals surface area contributed by atoms with Gasteiger partial charge < -0.3 is 10.8 Å². The van der Waals surface area contributed by atoms with Gasteiger partial charge in [-0.15, -0.1) is 0 Å². The highest BCUT2D eigenvalue weighted by Crippen LogP contribution is 2.21. The molecule has 0 unspecified atom stereocenters. The topological polar surface area (TPSA) is 75.3 Å². The molecule has 3 rings (SSSR count). The molecule has 0 aliphatic rings. The molecule has 0 fully saturated rings. The molecule has 146 valence electrons. The van der Waals surface area contributed by atoms with E-state index < -0.39 is 0 Å². The summed E-state index contributed by atoms with van der Waals surface area (Å²) in [5.74, 6) is 0. The molecule has 2 heterocycles. The number of halogens is 1. The van der Waals surface area contributed by atoms with Crippen LogP contribution in [0.4, 0.5) is 0 Å². The highest BCUT2D eigenvalue weighted by molar-refractivity contribution is 6.31. The van der Waals surface area contributed by atoms with Gasteiger partial charge in [0, 0.05) is 38.6 Å². The van der Waals surface area contributed by atoms with Gasteiger partial charge in [0.15, 0.2) is 0 Å². The van der Waals surface area contributed by atoms with Crippen LogP contribution in [0.5, 0.6) is 0 Å². The second-order valence-corrected chi connectivity index (χ2v) is 7.22. The normalized spacial score (nSPS) is 11.2. The number of aryl methyl sites for hydroxylation is 1. The Labute approximate surface area is 170 Å². The number of pyridine rings is 2. The monoisotopic (exact) mass is 396 g/mol. The van der Waals surface area contributed by atoms with E-state index in [0.717, 1.165) is 33.6 Å². The zero-order valence-electron chi connectivity index (χ0n) is 16.0. The van der Waals surface area contributed by atoms with Crippen LogP contribution < -0.4 is 5.73 Å². The largest absolute Gasteiger partial charge is 0.392 e. The van der Waals surface area contributed by atoms with Gasteiger partial charge in [0.2, 0.25) is 0 Å². The number of aliphatic hydroxyl groups is 1. The third-order valence-corrected chi connectivity index (χ3v) is 5.11. The molecular weight excluding hydrogens is 372 g/mol. The lowest BCUT2D eigenvalue weighted by atomic mass is 10.0. The van der Waals surface area contributed by atoms with Crippen LogP contribution in [0.1, 0.15) is 33.6 Å². The van der Waals surface area contributed by atoms with E-state index in [-0.39, 0.29) is 6.61 Å². The van der Waals surface area contributed by atoms with Crippen molar-refractivity contribution in [3.63, 3.8) is 0 Å². The Balaban J connectivity index is 1.90. The third kappa shape index (κ3) is 5.14. The zero-order chi connectivity index (χ0) is 19.9. The van der Waals surface area contributed by atoms with Crippen molar-refractivity contribution < 1.29 is 5.11 Å². The lowest BCUT2D eigenvalue weighted by molar-refractivity contribution is 0.235. The van der Waals surface area contributed by atoms with Gasteiger partial charge in [-0.05, 0) is 47.4 Å². The Morgan fingerprint density at radius 3 is 2.36 bits per heavy atom. The van der Waals surface area contributed by atoms with Gasteiger partial charge in [0.25, 0.3) is 0 Å². The molecule has 0 radical (unpaired) electrons. The molecule has 0 amide bonds. The first-order valence-corrected chi connectivity index (χ1v) is 9.62. The summed E-state index contributed by atoms with van der Waals surface area (Å²) in [4.78, 5) is 11.2. The summed E-state index contributed by atoms with van der Waals surface area (Å²) < 4.78 is 0. The maximum atomic E-state index is 9.81. The number of nitrogens with zero attached hydrogens (tertiary/aromatic N) is 3. The molecule has 28 heavy (non-hydrogen) atoms. The van der Waals surface area contributed by atoms with E-state index in [1.54, 1.807) is 6.20 Å². The zero-order valence-corrected chi connectivity index (χ0v) is 16.7. The second-order valence-electron chi connectivity index (χ2n) is 6.81. The fraction of sp³-hybridized carbons (Fsp3) is 0.273. The molecule has 0 saturated carbocycles. The van der Waals surface area contributed by atoms with Crippen molar-refractivity contribution in [3.8, 4) is 0 Å². The van der Waals surface area contributed by atoms with Crippen molar-refractivity contribution in [2.75, 3.05) is 0 Å². The van der Waals surface area contributed by atoms with Crippen molar-refractivity contribution in [1.82, 2.24) is 14.9 Å². The van der Waals surface area contributed by atoms with E-state index in [9.17, 15) is 5.11 Å². The average Bonchev–Trinajstić information content (AvgIpc) is 2.71. The molecule has 5 nitrogen and oxygen atoms in total. The molecule has 0 bridgehead atoms. The first kappa shape index (κ1) is 20.4. The summed E-state index contributed by atoms with van der Waals surface area (Å²) in [6.45, 7) is 4.37. The number of nitrogens with two attached hydrogens (primary N) is 1. The van der Waals surface area contributed by atoms with Gasteiger partial charge in [-0.1, -0.05) is 35.9 Å². The van der Waals surface area contributed by atoms with Crippen molar-refractivity contribution in [2.45, 2.75) is 39.7 Å². The Morgan fingerprint density at radius 2 is 1.68 bits per heavy atom.